The molecule has 0 saturated heterocycles. The van der Waals surface area contributed by atoms with Gasteiger partial charge in [-0.2, -0.15) is 0 Å². The maximum atomic E-state index is 4.15. The van der Waals surface area contributed by atoms with Crippen LogP contribution in [0.4, 0.5) is 0 Å². The van der Waals surface area contributed by atoms with E-state index in [1.54, 1.807) is 0 Å². The average Bonchev–Trinajstić information content (AvgIpc) is 1.59. The summed E-state index contributed by atoms with van der Waals surface area (Å²) in [7, 11) is 1.93. The van der Waals surface area contributed by atoms with Crippen molar-refractivity contribution >= 4 is 0 Å². The largest absolute Gasteiger partial charge is 0.198 e. The number of hydrogen-bond donors (Lipinski definition) is 0. The molecule has 0 radical (unpaired) electrons. The molecule has 1 aromatic heterocycles. The standard InChI is InChI=1S/C7H11N2/c1-6-4-7(2)8-9(3)5-6/h4-5H,1-3H3/q+1. The molecule has 0 aliphatic carbocycles. The van der Waals surface area contributed by atoms with E-state index < -0.39 is 0 Å². The highest BCUT2D eigenvalue weighted by Gasteiger charge is 1.95. The topological polar surface area (TPSA) is 16.8 Å². The maximum Gasteiger partial charge on any atom is 0.198 e. The first kappa shape index (κ1) is 6.20. The van der Waals surface area contributed by atoms with Crippen molar-refractivity contribution in [1.82, 2.24) is 5.10 Å². The highest BCUT2D eigenvalue weighted by Crippen LogP contribution is 1.92. The summed E-state index contributed by atoms with van der Waals surface area (Å²) >= 11 is 0. The SMILES string of the molecule is Cc1cc(C)n[n+](C)c1. The van der Waals surface area contributed by atoms with Crippen LogP contribution in [-0.2, 0) is 7.05 Å². The van der Waals surface area contributed by atoms with E-state index in [1.165, 1.54) is 5.56 Å². The zero-order chi connectivity index (χ0) is 6.85. The van der Waals surface area contributed by atoms with Gasteiger partial charge in [0.15, 0.2) is 13.2 Å². The second-order valence-corrected chi connectivity index (χ2v) is 2.33. The Bertz CT molecular complexity index is 168. The average molecular weight is 123 g/mol. The molecule has 2 heteroatoms. The second kappa shape index (κ2) is 2.13. The number of aryl methyl sites for hydroxylation is 3. The third kappa shape index (κ3) is 1.49. The van der Waals surface area contributed by atoms with Gasteiger partial charge in [-0.05, 0) is 25.0 Å². The fraction of sp³-hybridized carbons (Fsp3) is 0.429. The van der Waals surface area contributed by atoms with Gasteiger partial charge in [0.2, 0.25) is 0 Å². The highest BCUT2D eigenvalue weighted by atomic mass is 15.2. The fourth-order valence-electron chi connectivity index (χ4n) is 0.968. The molecule has 0 N–H and O–H groups in total. The first-order valence-electron chi connectivity index (χ1n) is 3.00. The molecule has 0 spiro atoms. The minimum atomic E-state index is 1.07. The van der Waals surface area contributed by atoms with Crippen LogP contribution in [0.25, 0.3) is 0 Å². The molecule has 0 fully saturated rings. The smallest absolute Gasteiger partial charge is 0.0935 e. The fourth-order valence-corrected chi connectivity index (χ4v) is 0.968. The molecular formula is C7H11N2+. The molecule has 0 bridgehead atoms. The van der Waals surface area contributed by atoms with Gasteiger partial charge < -0.3 is 0 Å². The molecule has 0 aromatic carbocycles. The number of hydrogen-bond acceptors (Lipinski definition) is 1. The van der Waals surface area contributed by atoms with Crippen molar-refractivity contribution < 1.29 is 4.68 Å². The lowest BCUT2D eigenvalue weighted by molar-refractivity contribution is -0.731. The molecular weight excluding hydrogens is 112 g/mol. The first-order valence-corrected chi connectivity index (χ1v) is 3.00. The molecule has 0 aliphatic rings. The van der Waals surface area contributed by atoms with Crippen LogP contribution in [0.15, 0.2) is 12.3 Å². The van der Waals surface area contributed by atoms with Crippen molar-refractivity contribution in [1.29, 1.82) is 0 Å². The van der Waals surface area contributed by atoms with Crippen LogP contribution in [-0.4, -0.2) is 5.10 Å². The van der Waals surface area contributed by atoms with E-state index in [0.717, 1.165) is 5.69 Å². The Hall–Kier alpha value is -0.920. The third-order valence-corrected chi connectivity index (χ3v) is 1.14. The van der Waals surface area contributed by atoms with Gasteiger partial charge in [-0.25, -0.2) is 0 Å². The van der Waals surface area contributed by atoms with Gasteiger partial charge in [0.25, 0.3) is 0 Å². The summed E-state index contributed by atoms with van der Waals surface area (Å²) in [6.45, 7) is 4.06. The lowest BCUT2D eigenvalue weighted by Crippen LogP contribution is -2.33. The van der Waals surface area contributed by atoms with Gasteiger partial charge >= 0.3 is 0 Å². The van der Waals surface area contributed by atoms with Crippen molar-refractivity contribution in [3.63, 3.8) is 0 Å². The lowest BCUT2D eigenvalue weighted by Gasteiger charge is -1.89. The van der Waals surface area contributed by atoms with Crippen molar-refractivity contribution in [2.24, 2.45) is 7.05 Å². The normalized spacial score (nSPS) is 9.67. The van der Waals surface area contributed by atoms with E-state index in [-0.39, 0.29) is 0 Å². The molecule has 48 valence electrons. The van der Waals surface area contributed by atoms with Crippen molar-refractivity contribution in [3.05, 3.63) is 23.5 Å². The quantitative estimate of drug-likeness (QED) is 0.460. The van der Waals surface area contributed by atoms with Gasteiger partial charge in [0, 0.05) is 5.56 Å². The Balaban J connectivity index is 3.17. The van der Waals surface area contributed by atoms with Crippen LogP contribution in [0.5, 0.6) is 0 Å². The molecule has 0 unspecified atom stereocenters. The zero-order valence-corrected chi connectivity index (χ0v) is 6.05. The summed E-state index contributed by atoms with van der Waals surface area (Å²) in [5.41, 5.74) is 2.32. The summed E-state index contributed by atoms with van der Waals surface area (Å²) in [4.78, 5) is 0. The summed E-state index contributed by atoms with van der Waals surface area (Å²) in [6.07, 6.45) is 1.99. The summed E-state index contributed by atoms with van der Waals surface area (Å²) in [5, 5.41) is 4.15. The van der Waals surface area contributed by atoms with Crippen LogP contribution < -0.4 is 4.68 Å². The van der Waals surface area contributed by atoms with Crippen LogP contribution in [0.1, 0.15) is 11.3 Å². The van der Waals surface area contributed by atoms with E-state index in [2.05, 4.69) is 18.1 Å². The van der Waals surface area contributed by atoms with Crippen molar-refractivity contribution in [2.45, 2.75) is 13.8 Å². The maximum absolute atomic E-state index is 4.15. The van der Waals surface area contributed by atoms with E-state index >= 15 is 0 Å². The molecule has 9 heavy (non-hydrogen) atoms. The first-order chi connectivity index (χ1) is 4.18. The van der Waals surface area contributed by atoms with Crippen LogP contribution in [0, 0.1) is 13.8 Å². The molecule has 0 atom stereocenters. The summed E-state index contributed by atoms with van der Waals surface area (Å²) in [5.74, 6) is 0. The van der Waals surface area contributed by atoms with Crippen molar-refractivity contribution in [3.8, 4) is 0 Å². The second-order valence-electron chi connectivity index (χ2n) is 2.33. The van der Waals surface area contributed by atoms with E-state index in [9.17, 15) is 0 Å². The Labute approximate surface area is 55.1 Å². The predicted molar refractivity (Wildman–Crippen MR) is 34.9 cm³/mol. The van der Waals surface area contributed by atoms with Gasteiger partial charge in [-0.1, -0.05) is 4.68 Å². The van der Waals surface area contributed by atoms with Gasteiger partial charge in [0.05, 0.1) is 0 Å². The zero-order valence-electron chi connectivity index (χ0n) is 6.05. The third-order valence-electron chi connectivity index (χ3n) is 1.14. The highest BCUT2D eigenvalue weighted by molar-refractivity contribution is 5.05. The molecule has 1 aromatic rings. The molecule has 2 nitrogen and oxygen atoms in total. The molecule has 1 heterocycles. The van der Waals surface area contributed by atoms with Gasteiger partial charge in [-0.15, -0.1) is 0 Å². The molecule has 1 rings (SSSR count). The minimum absolute atomic E-state index is 1.07. The lowest BCUT2D eigenvalue weighted by atomic mass is 10.3. The van der Waals surface area contributed by atoms with E-state index in [0.29, 0.717) is 0 Å². The monoisotopic (exact) mass is 123 g/mol. The Morgan fingerprint density at radius 3 is 2.56 bits per heavy atom. The molecule has 0 saturated carbocycles. The minimum Gasteiger partial charge on any atom is -0.0935 e. The van der Waals surface area contributed by atoms with E-state index in [1.807, 2.05) is 24.9 Å². The van der Waals surface area contributed by atoms with Crippen molar-refractivity contribution in [2.75, 3.05) is 0 Å². The Morgan fingerprint density at radius 2 is 2.11 bits per heavy atom. The van der Waals surface area contributed by atoms with Gasteiger partial charge in [-0.3, -0.25) is 0 Å². The van der Waals surface area contributed by atoms with Gasteiger partial charge in [0.1, 0.15) is 5.69 Å². The van der Waals surface area contributed by atoms with Crippen LogP contribution >= 0.6 is 0 Å². The number of nitrogens with zero attached hydrogens (tertiary/aromatic N) is 2. The van der Waals surface area contributed by atoms with E-state index in [4.69, 9.17) is 0 Å². The van der Waals surface area contributed by atoms with Crippen LogP contribution in [0.2, 0.25) is 0 Å². The number of rotatable bonds is 0. The molecule has 0 aliphatic heterocycles. The Kier molecular flexibility index (Phi) is 1.47. The van der Waals surface area contributed by atoms with Crippen LogP contribution in [0.3, 0.4) is 0 Å². The predicted octanol–water partition coefficient (Wildman–Crippen LogP) is 0.523. The summed E-state index contributed by atoms with van der Waals surface area (Å²) < 4.78 is 1.82. The molecule has 0 amide bonds. The number of aromatic nitrogens is 2. The Morgan fingerprint density at radius 1 is 1.44 bits per heavy atom. The summed E-state index contributed by atoms with van der Waals surface area (Å²) in [6, 6.07) is 2.06.